The fourth-order valence-electron chi connectivity index (χ4n) is 18.1. The molecule has 0 N–H and O–H groups in total. The molecule has 5 heterocycles. The minimum Gasteiger partial charge on any atom is -0.457 e. The van der Waals surface area contributed by atoms with Crippen LogP contribution in [0.2, 0.25) is 0 Å². The molecule has 7 nitrogen and oxygen atoms in total. The Balaban J connectivity index is 0.000000132. The molecular formula is C98H60N2O5. The molecule has 0 bridgehead atoms. The van der Waals surface area contributed by atoms with Crippen molar-refractivity contribution in [1.29, 1.82) is 0 Å². The Morgan fingerprint density at radius 2 is 0.562 bits per heavy atom. The monoisotopic (exact) mass is 1340 g/mol. The standard InChI is InChI=1S/C49H29NO3.C49H31NO2/c1-2-13-30(14-3-1)50(31-25-26-33-32-15-5-9-21-40(32)51-45(33)29-31)39-20-12-24-43-47(39)48-44(53-43)28-27-38-46(48)34-16-4-6-17-35(34)49(38)36-18-7-10-22-41(36)52-42-23-11-8-19-37(42)49;1-3-14-32(15-4-1)33-26-28-35(29-27-33)50(34-16-5-2-6-17-34)41-22-13-25-44-47(41)48-45(52-44)31-30-40-46(48)36-18-7-8-19-37(36)49(40)38-20-9-11-23-42(38)51-43-24-12-10-21-39(43)49/h1-29H;1-31H. The van der Waals surface area contributed by atoms with Crippen molar-refractivity contribution in [2.24, 2.45) is 0 Å². The highest BCUT2D eigenvalue weighted by Gasteiger charge is 2.54. The Hall–Kier alpha value is -13.9. The summed E-state index contributed by atoms with van der Waals surface area (Å²) in [5.41, 5.74) is 27.0. The van der Waals surface area contributed by atoms with Crippen LogP contribution in [-0.4, -0.2) is 0 Å². The molecule has 0 amide bonds. The molecule has 0 atom stereocenters. The van der Waals surface area contributed by atoms with Gasteiger partial charge in [0.2, 0.25) is 0 Å². The van der Waals surface area contributed by atoms with Crippen LogP contribution in [0.25, 0.3) is 99.2 Å². The van der Waals surface area contributed by atoms with Crippen LogP contribution in [0, 0.1) is 0 Å². The molecule has 23 rings (SSSR count). The summed E-state index contributed by atoms with van der Waals surface area (Å²) in [5, 5.41) is 6.59. The third-order valence-electron chi connectivity index (χ3n) is 22.3. The van der Waals surface area contributed by atoms with Crippen LogP contribution in [0.4, 0.5) is 34.1 Å². The molecule has 492 valence electrons. The highest BCUT2D eigenvalue weighted by molar-refractivity contribution is 6.23. The van der Waals surface area contributed by atoms with E-state index in [2.05, 4.69) is 362 Å². The van der Waals surface area contributed by atoms with Crippen molar-refractivity contribution in [2.45, 2.75) is 10.8 Å². The Morgan fingerprint density at radius 3 is 1.06 bits per heavy atom. The maximum atomic E-state index is 6.81. The van der Waals surface area contributed by atoms with Gasteiger partial charge in [-0.25, -0.2) is 0 Å². The van der Waals surface area contributed by atoms with Gasteiger partial charge in [0, 0.05) is 72.6 Å². The smallest absolute Gasteiger partial charge is 0.137 e. The molecule has 2 spiro atoms. The lowest BCUT2D eigenvalue weighted by Gasteiger charge is -2.39. The maximum absolute atomic E-state index is 6.81. The number of hydrogen-bond acceptors (Lipinski definition) is 7. The quantitative estimate of drug-likeness (QED) is 0.158. The van der Waals surface area contributed by atoms with E-state index in [1.165, 1.54) is 55.6 Å². The van der Waals surface area contributed by atoms with Crippen LogP contribution in [0.15, 0.2) is 377 Å². The highest BCUT2D eigenvalue weighted by atomic mass is 16.5. The number of benzene rings is 16. The van der Waals surface area contributed by atoms with Crippen LogP contribution >= 0.6 is 0 Å². The van der Waals surface area contributed by atoms with Gasteiger partial charge in [-0.2, -0.15) is 0 Å². The van der Waals surface area contributed by atoms with E-state index in [1.54, 1.807) is 0 Å². The predicted octanol–water partition coefficient (Wildman–Crippen LogP) is 26.6. The van der Waals surface area contributed by atoms with Crippen molar-refractivity contribution < 1.29 is 22.7 Å². The average molecular weight is 1350 g/mol. The van der Waals surface area contributed by atoms with Gasteiger partial charge in [0.25, 0.3) is 0 Å². The normalized spacial score (nSPS) is 13.4. The first-order chi connectivity index (χ1) is 52.1. The topological polar surface area (TPSA) is 64.4 Å². The van der Waals surface area contributed by atoms with Gasteiger partial charge in [0.1, 0.15) is 56.5 Å². The zero-order valence-electron chi connectivity index (χ0n) is 56.6. The number of nitrogens with zero attached hydrogens (tertiary/aromatic N) is 2. The second-order valence-corrected chi connectivity index (χ2v) is 27.5. The van der Waals surface area contributed by atoms with Crippen LogP contribution in [0.5, 0.6) is 23.0 Å². The molecule has 19 aromatic rings. The number of hydrogen-bond donors (Lipinski definition) is 0. The summed E-state index contributed by atoms with van der Waals surface area (Å²) in [5.74, 6) is 3.53. The Morgan fingerprint density at radius 1 is 0.210 bits per heavy atom. The Labute approximate surface area is 604 Å². The lowest BCUT2D eigenvalue weighted by Crippen LogP contribution is -2.32. The van der Waals surface area contributed by atoms with Gasteiger partial charge < -0.3 is 32.5 Å². The van der Waals surface area contributed by atoms with Gasteiger partial charge >= 0.3 is 0 Å². The van der Waals surface area contributed by atoms with E-state index in [4.69, 9.17) is 22.7 Å². The molecule has 2 aliphatic heterocycles. The molecule has 0 unspecified atom stereocenters. The first-order valence-corrected chi connectivity index (χ1v) is 35.8. The van der Waals surface area contributed by atoms with Gasteiger partial charge in [0.05, 0.1) is 33.0 Å². The molecule has 0 saturated heterocycles. The minimum absolute atomic E-state index is 0.559. The predicted molar refractivity (Wildman–Crippen MR) is 424 cm³/mol. The largest absolute Gasteiger partial charge is 0.457 e. The second-order valence-electron chi connectivity index (χ2n) is 27.5. The molecule has 105 heavy (non-hydrogen) atoms. The van der Waals surface area contributed by atoms with E-state index < -0.39 is 10.8 Å². The van der Waals surface area contributed by atoms with Crippen molar-refractivity contribution in [1.82, 2.24) is 0 Å². The second kappa shape index (κ2) is 22.8. The first kappa shape index (κ1) is 58.9. The number of rotatable bonds is 7. The highest BCUT2D eigenvalue weighted by Crippen LogP contribution is 2.66. The van der Waals surface area contributed by atoms with E-state index >= 15 is 0 Å². The summed E-state index contributed by atoms with van der Waals surface area (Å²) in [6.45, 7) is 0. The number of ether oxygens (including phenoxy) is 2. The maximum Gasteiger partial charge on any atom is 0.137 e. The van der Waals surface area contributed by atoms with Crippen LogP contribution < -0.4 is 19.3 Å². The molecule has 0 saturated carbocycles. The number of para-hydroxylation sites is 7. The van der Waals surface area contributed by atoms with Gasteiger partial charge in [-0.15, -0.1) is 0 Å². The summed E-state index contributed by atoms with van der Waals surface area (Å²) in [6, 6.07) is 129. The number of fused-ring (bicyclic) bond motifs is 29. The fourth-order valence-corrected chi connectivity index (χ4v) is 18.1. The van der Waals surface area contributed by atoms with E-state index in [-0.39, 0.29) is 0 Å². The molecule has 3 aromatic heterocycles. The molecule has 16 aromatic carbocycles. The van der Waals surface area contributed by atoms with E-state index in [0.29, 0.717) is 0 Å². The molecule has 0 radical (unpaired) electrons. The fraction of sp³-hybridized carbons (Fsp3) is 0.0204. The SMILES string of the molecule is c1ccc(-c2ccc(N(c3ccccc3)c3cccc4oc5ccc6c(c5c34)-c3ccccc3C63c4ccccc4Oc4ccccc43)cc2)cc1.c1ccc(N(c2ccc3c(c2)oc2ccccc23)c2cccc3oc4ccc5c(c4c23)-c2ccccc2C52c3ccccc3Oc3ccccc32)cc1. The van der Waals surface area contributed by atoms with Gasteiger partial charge in [-0.05, 0) is 171 Å². The van der Waals surface area contributed by atoms with Crippen LogP contribution in [0.3, 0.4) is 0 Å². The van der Waals surface area contributed by atoms with Gasteiger partial charge in [-0.1, -0.05) is 243 Å². The molecule has 7 heteroatoms. The number of anilines is 6. The Kier molecular flexibility index (Phi) is 12.8. The van der Waals surface area contributed by atoms with Crippen molar-refractivity contribution in [3.63, 3.8) is 0 Å². The van der Waals surface area contributed by atoms with Crippen molar-refractivity contribution >= 4 is 99.9 Å². The minimum atomic E-state index is -0.574. The molecule has 2 aliphatic carbocycles. The van der Waals surface area contributed by atoms with Crippen LogP contribution in [0.1, 0.15) is 44.5 Å². The third-order valence-corrected chi connectivity index (χ3v) is 22.3. The Bertz CT molecular complexity index is 6660. The summed E-state index contributed by atoms with van der Waals surface area (Å²) >= 11 is 0. The van der Waals surface area contributed by atoms with E-state index in [9.17, 15) is 0 Å². The molecule has 4 aliphatic rings. The zero-order valence-corrected chi connectivity index (χ0v) is 56.6. The average Bonchev–Trinajstić information content (AvgIpc) is 1.53. The third kappa shape index (κ3) is 8.43. The van der Waals surface area contributed by atoms with Crippen molar-refractivity contribution in [3.8, 4) is 56.4 Å². The lowest BCUT2D eigenvalue weighted by atomic mass is 9.66. The molecule has 0 fully saturated rings. The van der Waals surface area contributed by atoms with Gasteiger partial charge in [-0.3, -0.25) is 0 Å². The summed E-state index contributed by atoms with van der Waals surface area (Å²) in [4.78, 5) is 4.69. The zero-order chi connectivity index (χ0) is 68.9. The summed E-state index contributed by atoms with van der Waals surface area (Å²) in [7, 11) is 0. The lowest BCUT2D eigenvalue weighted by molar-refractivity contribution is 0.436. The molecular weight excluding hydrogens is 1290 g/mol. The van der Waals surface area contributed by atoms with E-state index in [1.807, 2.05) is 12.1 Å². The first-order valence-electron chi connectivity index (χ1n) is 35.8. The van der Waals surface area contributed by atoms with Gasteiger partial charge in [0.15, 0.2) is 0 Å². The van der Waals surface area contributed by atoms with E-state index in [0.717, 1.165) is 145 Å². The van der Waals surface area contributed by atoms with Crippen molar-refractivity contribution in [3.05, 3.63) is 408 Å². The van der Waals surface area contributed by atoms with Crippen molar-refractivity contribution in [2.75, 3.05) is 9.80 Å². The summed E-state index contributed by atoms with van der Waals surface area (Å²) in [6.07, 6.45) is 0. The number of furan rings is 3. The summed E-state index contributed by atoms with van der Waals surface area (Å²) < 4.78 is 33.2. The van der Waals surface area contributed by atoms with Crippen LogP contribution in [-0.2, 0) is 10.8 Å².